The van der Waals surface area contributed by atoms with Gasteiger partial charge in [0.1, 0.15) is 19.3 Å². The zero-order valence-electron chi connectivity index (χ0n) is 35.0. The number of hydrogen-bond acceptors (Lipinski definition) is 7. The van der Waals surface area contributed by atoms with Gasteiger partial charge in [-0.05, 0) is 77.0 Å². The number of hydrogen-bond donors (Lipinski definition) is 0. The molecule has 0 rings (SSSR count). The number of nitrogens with zero attached hydrogens (tertiary/aromatic N) is 1. The van der Waals surface area contributed by atoms with E-state index in [0.717, 1.165) is 77.0 Å². The number of phosphoric acid groups is 1. The maximum atomic E-state index is 12.7. The van der Waals surface area contributed by atoms with E-state index in [-0.39, 0.29) is 25.8 Å². The lowest BCUT2D eigenvalue weighted by molar-refractivity contribution is -0.870. The Balaban J connectivity index is 4.31. The molecule has 0 saturated carbocycles. The maximum Gasteiger partial charge on any atom is 0.306 e. The quantitative estimate of drug-likeness (QED) is 0.0202. The van der Waals surface area contributed by atoms with E-state index in [0.29, 0.717) is 24.1 Å². The summed E-state index contributed by atoms with van der Waals surface area (Å²) in [5.41, 5.74) is 0. The normalized spacial score (nSPS) is 14.3. The average molecular weight is 768 g/mol. The highest BCUT2D eigenvalue weighted by atomic mass is 31.2. The summed E-state index contributed by atoms with van der Waals surface area (Å²) < 4.78 is 34.5. The number of likely N-dealkylation sites (N-methyl/N-ethyl adjacent to an activating group) is 1. The number of ether oxygens (including phenoxy) is 2. The third-order valence-electron chi connectivity index (χ3n) is 8.85. The second-order valence-corrected chi connectivity index (χ2v) is 16.8. The van der Waals surface area contributed by atoms with Gasteiger partial charge in [-0.15, -0.1) is 0 Å². The monoisotopic (exact) mass is 768 g/mol. The number of carbonyl (C=O) groups is 1. The maximum absolute atomic E-state index is 12.7. The Morgan fingerprint density at radius 1 is 0.585 bits per heavy atom. The first-order valence-electron chi connectivity index (χ1n) is 21.4. The number of carbonyl (C=O) groups excluding carboxylic acids is 1. The van der Waals surface area contributed by atoms with Crippen molar-refractivity contribution in [3.8, 4) is 0 Å². The fourth-order valence-electron chi connectivity index (χ4n) is 5.49. The van der Waals surface area contributed by atoms with Gasteiger partial charge in [-0.3, -0.25) is 9.36 Å². The van der Waals surface area contributed by atoms with Crippen LogP contribution in [0.3, 0.4) is 0 Å². The van der Waals surface area contributed by atoms with Crippen molar-refractivity contribution < 1.29 is 37.3 Å². The highest BCUT2D eigenvalue weighted by molar-refractivity contribution is 7.45. The summed E-state index contributed by atoms with van der Waals surface area (Å²) in [7, 11) is 1.33. The fourth-order valence-corrected chi connectivity index (χ4v) is 6.22. The van der Waals surface area contributed by atoms with Gasteiger partial charge in [0.15, 0.2) is 0 Å². The fraction of sp³-hybridized carbons (Fsp3) is 0.795. The summed E-state index contributed by atoms with van der Waals surface area (Å²) in [4.78, 5) is 25.0. The Labute approximate surface area is 327 Å². The van der Waals surface area contributed by atoms with Crippen LogP contribution in [0.5, 0.6) is 0 Å². The number of unbranched alkanes of at least 4 members (excludes halogenated alkanes) is 17. The number of quaternary nitrogens is 1. The van der Waals surface area contributed by atoms with Crippen LogP contribution in [-0.4, -0.2) is 70.7 Å². The SMILES string of the molecule is CCCCC/C=C\C/C=C\CCCCCCCCOCC(COP(=O)([O-])OCC[N+](C)(C)C)OC(=O)CCCCCCC/C=C\C/C=C\CCCCC. The number of phosphoric ester groups is 1. The van der Waals surface area contributed by atoms with Crippen LogP contribution in [0.1, 0.15) is 168 Å². The molecule has 2 atom stereocenters. The van der Waals surface area contributed by atoms with Crippen LogP contribution in [0, 0.1) is 0 Å². The summed E-state index contributed by atoms with van der Waals surface area (Å²) in [5, 5.41) is 0. The van der Waals surface area contributed by atoms with Crippen molar-refractivity contribution in [1.29, 1.82) is 0 Å². The molecule has 0 bridgehead atoms. The van der Waals surface area contributed by atoms with Gasteiger partial charge >= 0.3 is 5.97 Å². The summed E-state index contributed by atoms with van der Waals surface area (Å²) in [6.07, 6.45) is 44.0. The van der Waals surface area contributed by atoms with Gasteiger partial charge in [0.25, 0.3) is 7.82 Å². The molecule has 9 heteroatoms. The first-order valence-corrected chi connectivity index (χ1v) is 22.8. The van der Waals surface area contributed by atoms with Crippen LogP contribution in [0.15, 0.2) is 48.6 Å². The van der Waals surface area contributed by atoms with Crippen LogP contribution in [-0.2, 0) is 27.9 Å². The molecule has 0 aliphatic rings. The molecular weight excluding hydrogens is 685 g/mol. The Kier molecular flexibility index (Phi) is 36.3. The van der Waals surface area contributed by atoms with E-state index in [1.807, 2.05) is 21.1 Å². The van der Waals surface area contributed by atoms with Crippen molar-refractivity contribution in [3.05, 3.63) is 48.6 Å². The molecule has 0 aliphatic heterocycles. The van der Waals surface area contributed by atoms with Gasteiger partial charge in [0.05, 0.1) is 34.4 Å². The number of rotatable bonds is 39. The minimum Gasteiger partial charge on any atom is -0.756 e. The molecule has 0 amide bonds. The molecule has 53 heavy (non-hydrogen) atoms. The van der Waals surface area contributed by atoms with Gasteiger partial charge in [-0.1, -0.05) is 133 Å². The molecule has 0 fully saturated rings. The Bertz CT molecular complexity index is 989. The van der Waals surface area contributed by atoms with Crippen LogP contribution in [0.25, 0.3) is 0 Å². The molecule has 0 saturated heterocycles. The zero-order chi connectivity index (χ0) is 39.1. The van der Waals surface area contributed by atoms with Crippen molar-refractivity contribution in [2.75, 3.05) is 54.1 Å². The summed E-state index contributed by atoms with van der Waals surface area (Å²) in [6.45, 7) is 5.31. The van der Waals surface area contributed by atoms with Gasteiger partial charge < -0.3 is 27.9 Å². The summed E-state index contributed by atoms with van der Waals surface area (Å²) in [5.74, 6) is -0.353. The van der Waals surface area contributed by atoms with E-state index in [2.05, 4.69) is 62.5 Å². The van der Waals surface area contributed by atoms with Gasteiger partial charge in [0, 0.05) is 13.0 Å². The van der Waals surface area contributed by atoms with Crippen molar-refractivity contribution in [3.63, 3.8) is 0 Å². The molecule has 0 heterocycles. The molecular formula is C44H82NO7P. The third-order valence-corrected chi connectivity index (χ3v) is 9.82. The molecule has 0 aliphatic carbocycles. The van der Waals surface area contributed by atoms with Crippen LogP contribution in [0.4, 0.5) is 0 Å². The Morgan fingerprint density at radius 2 is 1.04 bits per heavy atom. The molecule has 0 spiro atoms. The predicted octanol–water partition coefficient (Wildman–Crippen LogP) is 11.7. The van der Waals surface area contributed by atoms with E-state index < -0.39 is 13.9 Å². The first kappa shape index (κ1) is 51.5. The van der Waals surface area contributed by atoms with E-state index in [9.17, 15) is 14.3 Å². The smallest absolute Gasteiger partial charge is 0.306 e. The standard InChI is InChI=1S/C44H82NO7P/c1-6-8-10-12-14-16-18-20-22-24-26-28-30-32-34-36-39-49-41-43(42-51-53(47,48)50-40-38-45(3,4)5)52-44(46)37-35-33-31-29-27-25-23-21-19-17-15-13-11-9-7-2/h14-17,20-23,43H,6-13,18-19,24-42H2,1-5H3/b16-14-,17-15-,22-20-,23-21-. The molecule has 310 valence electrons. The van der Waals surface area contributed by atoms with Crippen LogP contribution in [0.2, 0.25) is 0 Å². The lowest BCUT2D eigenvalue weighted by atomic mass is 10.1. The Morgan fingerprint density at radius 3 is 1.53 bits per heavy atom. The second kappa shape index (κ2) is 37.4. The lowest BCUT2D eigenvalue weighted by Crippen LogP contribution is -2.37. The van der Waals surface area contributed by atoms with Crippen molar-refractivity contribution in [1.82, 2.24) is 0 Å². The van der Waals surface area contributed by atoms with Crippen molar-refractivity contribution in [2.45, 2.75) is 174 Å². The minimum absolute atomic E-state index is 0.0195. The highest BCUT2D eigenvalue weighted by Gasteiger charge is 2.20. The van der Waals surface area contributed by atoms with E-state index in [4.69, 9.17) is 18.5 Å². The average Bonchev–Trinajstić information content (AvgIpc) is 3.11. The minimum atomic E-state index is -4.53. The second-order valence-electron chi connectivity index (χ2n) is 15.3. The van der Waals surface area contributed by atoms with Crippen molar-refractivity contribution in [2.24, 2.45) is 0 Å². The van der Waals surface area contributed by atoms with Crippen LogP contribution < -0.4 is 4.89 Å². The van der Waals surface area contributed by atoms with E-state index >= 15 is 0 Å². The third kappa shape index (κ3) is 41.5. The summed E-state index contributed by atoms with van der Waals surface area (Å²) in [6, 6.07) is 0. The van der Waals surface area contributed by atoms with Crippen LogP contribution >= 0.6 is 7.82 Å². The molecule has 2 unspecified atom stereocenters. The number of esters is 1. The molecule has 0 aromatic rings. The van der Waals surface area contributed by atoms with Gasteiger partial charge in [-0.25, -0.2) is 0 Å². The molecule has 0 N–H and O–H groups in total. The Hall–Kier alpha value is -1.54. The predicted molar refractivity (Wildman–Crippen MR) is 222 cm³/mol. The first-order chi connectivity index (χ1) is 25.6. The van der Waals surface area contributed by atoms with Gasteiger partial charge in [0.2, 0.25) is 0 Å². The largest absolute Gasteiger partial charge is 0.756 e. The molecule has 8 nitrogen and oxygen atoms in total. The molecule has 0 radical (unpaired) electrons. The highest BCUT2D eigenvalue weighted by Crippen LogP contribution is 2.38. The topological polar surface area (TPSA) is 94.1 Å². The van der Waals surface area contributed by atoms with Gasteiger partial charge in [-0.2, -0.15) is 0 Å². The van der Waals surface area contributed by atoms with E-state index in [1.165, 1.54) is 70.6 Å². The molecule has 0 aromatic carbocycles. The summed E-state index contributed by atoms with van der Waals surface area (Å²) >= 11 is 0. The lowest BCUT2D eigenvalue weighted by Gasteiger charge is -2.28. The van der Waals surface area contributed by atoms with E-state index in [1.54, 1.807) is 0 Å². The molecule has 0 aromatic heterocycles. The van der Waals surface area contributed by atoms with Crippen molar-refractivity contribution >= 4 is 13.8 Å². The zero-order valence-corrected chi connectivity index (χ0v) is 35.8. The number of allylic oxidation sites excluding steroid dienone is 8.